The third-order valence-electron chi connectivity index (χ3n) is 8.52. The van der Waals surface area contributed by atoms with Gasteiger partial charge in [0, 0.05) is 44.8 Å². The van der Waals surface area contributed by atoms with Crippen LogP contribution in [0.25, 0.3) is 22.7 Å². The Bertz CT molecular complexity index is 2330. The fraction of sp³-hybridized carbons (Fsp3) is 0.111. The lowest BCUT2D eigenvalue weighted by atomic mass is 9.83. The van der Waals surface area contributed by atoms with E-state index in [4.69, 9.17) is 28.2 Å². The molecular formula is C36H24Cl2FN3OS. The highest BCUT2D eigenvalue weighted by molar-refractivity contribution is 7.07. The molecule has 3 heterocycles. The van der Waals surface area contributed by atoms with Crippen LogP contribution in [0, 0.1) is 5.82 Å². The van der Waals surface area contributed by atoms with Gasteiger partial charge in [-0.25, -0.2) is 9.38 Å². The third kappa shape index (κ3) is 4.56. The maximum absolute atomic E-state index is 14.2. The van der Waals surface area contributed by atoms with E-state index in [0.29, 0.717) is 25.9 Å². The largest absolute Gasteiger partial charge is 0.342 e. The van der Waals surface area contributed by atoms with Crippen molar-refractivity contribution in [1.82, 2.24) is 9.13 Å². The predicted octanol–water partition coefficient (Wildman–Crippen LogP) is 7.77. The molecule has 0 saturated carbocycles. The highest BCUT2D eigenvalue weighted by atomic mass is 35.5. The second-order valence-electron chi connectivity index (χ2n) is 11.1. The fourth-order valence-corrected chi connectivity index (χ4v) is 7.92. The predicted molar refractivity (Wildman–Crippen MR) is 177 cm³/mol. The molecule has 4 aromatic carbocycles. The van der Waals surface area contributed by atoms with Crippen LogP contribution >= 0.6 is 34.5 Å². The van der Waals surface area contributed by atoms with E-state index in [-0.39, 0.29) is 17.4 Å². The van der Waals surface area contributed by atoms with Crippen LogP contribution in [0.15, 0.2) is 113 Å². The van der Waals surface area contributed by atoms with E-state index in [9.17, 15) is 9.18 Å². The Balaban J connectivity index is 1.31. The van der Waals surface area contributed by atoms with Crippen LogP contribution in [0.4, 0.5) is 4.39 Å². The summed E-state index contributed by atoms with van der Waals surface area (Å²) in [6.07, 6.45) is 5.67. The molecule has 0 amide bonds. The highest BCUT2D eigenvalue weighted by Crippen LogP contribution is 2.41. The summed E-state index contributed by atoms with van der Waals surface area (Å²) in [6, 6.07) is 28.1. The van der Waals surface area contributed by atoms with E-state index < -0.39 is 0 Å². The number of rotatable bonds is 4. The molecule has 2 aromatic heterocycles. The maximum Gasteiger partial charge on any atom is 0.271 e. The van der Waals surface area contributed by atoms with Gasteiger partial charge in [0.2, 0.25) is 0 Å². The number of hydrogen-bond acceptors (Lipinski definition) is 3. The van der Waals surface area contributed by atoms with Crippen LogP contribution in [0.2, 0.25) is 10.0 Å². The second kappa shape index (κ2) is 10.7. The molecule has 1 aliphatic carbocycles. The molecule has 44 heavy (non-hydrogen) atoms. The molecule has 1 atom stereocenters. The number of fused-ring (bicyclic) bond motifs is 4. The van der Waals surface area contributed by atoms with Crippen molar-refractivity contribution in [3.8, 4) is 0 Å². The molecule has 2 aliphatic rings. The molecule has 8 heteroatoms. The summed E-state index contributed by atoms with van der Waals surface area (Å²) < 4.78 is 18.5. The first-order valence-electron chi connectivity index (χ1n) is 14.3. The van der Waals surface area contributed by atoms with E-state index in [0.717, 1.165) is 57.3 Å². The number of nitrogens with zero attached hydrogens (tertiary/aromatic N) is 3. The van der Waals surface area contributed by atoms with Gasteiger partial charge in [-0.15, -0.1) is 0 Å². The van der Waals surface area contributed by atoms with Crippen LogP contribution in [-0.4, -0.2) is 9.13 Å². The first-order valence-corrected chi connectivity index (χ1v) is 15.9. The number of thiazole rings is 1. The van der Waals surface area contributed by atoms with Crippen molar-refractivity contribution in [2.75, 3.05) is 0 Å². The van der Waals surface area contributed by atoms with Gasteiger partial charge in [-0.1, -0.05) is 95.2 Å². The van der Waals surface area contributed by atoms with Gasteiger partial charge in [0.05, 0.1) is 16.3 Å². The maximum atomic E-state index is 14.2. The number of benzene rings is 4. The normalized spacial score (nSPS) is 16.1. The smallest absolute Gasteiger partial charge is 0.271 e. The van der Waals surface area contributed by atoms with E-state index in [2.05, 4.69) is 41.1 Å². The van der Waals surface area contributed by atoms with Gasteiger partial charge in [-0.05, 0) is 71.5 Å². The van der Waals surface area contributed by atoms with E-state index >= 15 is 0 Å². The Morgan fingerprint density at radius 3 is 2.59 bits per heavy atom. The molecule has 216 valence electrons. The number of allylic oxidation sites excluding steroid dienone is 1. The van der Waals surface area contributed by atoms with Crippen LogP contribution < -0.4 is 14.9 Å². The molecule has 0 N–H and O–H groups in total. The lowest BCUT2D eigenvalue weighted by Gasteiger charge is -2.30. The SMILES string of the molecule is O=c1c(=Cc2cn(Cc3ccc(Cl)cc3Cl)c3ccccc23)sc2n1C(c1ccc(F)cc1)C1=C(N=2)c2ccccc2CC1. The lowest BCUT2D eigenvalue weighted by molar-refractivity contribution is 0.581. The molecule has 4 nitrogen and oxygen atoms in total. The lowest BCUT2D eigenvalue weighted by Crippen LogP contribution is -2.38. The Morgan fingerprint density at radius 2 is 1.75 bits per heavy atom. The van der Waals surface area contributed by atoms with Crippen LogP contribution in [-0.2, 0) is 13.0 Å². The molecule has 8 rings (SSSR count). The Hall–Kier alpha value is -4.23. The summed E-state index contributed by atoms with van der Waals surface area (Å²) in [4.78, 5) is 20.0. The zero-order chi connectivity index (χ0) is 29.9. The number of aromatic nitrogens is 2. The van der Waals surface area contributed by atoms with Crippen molar-refractivity contribution in [2.24, 2.45) is 4.99 Å². The van der Waals surface area contributed by atoms with Crippen molar-refractivity contribution in [3.63, 3.8) is 0 Å². The van der Waals surface area contributed by atoms with Crippen molar-refractivity contribution in [3.05, 3.63) is 166 Å². The van der Waals surface area contributed by atoms with Crippen molar-refractivity contribution in [1.29, 1.82) is 0 Å². The molecule has 0 fully saturated rings. The van der Waals surface area contributed by atoms with E-state index in [1.54, 1.807) is 22.8 Å². The van der Waals surface area contributed by atoms with Gasteiger partial charge in [-0.2, -0.15) is 0 Å². The van der Waals surface area contributed by atoms with Crippen LogP contribution in [0.5, 0.6) is 0 Å². The average molecular weight is 637 g/mol. The summed E-state index contributed by atoms with van der Waals surface area (Å²) in [5.41, 5.74) is 8.05. The fourth-order valence-electron chi connectivity index (χ4n) is 6.46. The van der Waals surface area contributed by atoms with Crippen molar-refractivity contribution in [2.45, 2.75) is 25.4 Å². The topological polar surface area (TPSA) is 39.3 Å². The second-order valence-corrected chi connectivity index (χ2v) is 13.0. The Kier molecular flexibility index (Phi) is 6.67. The summed E-state index contributed by atoms with van der Waals surface area (Å²) in [6.45, 7) is 0.558. The van der Waals surface area contributed by atoms with Crippen molar-refractivity contribution < 1.29 is 4.39 Å². The summed E-state index contributed by atoms with van der Waals surface area (Å²) in [7, 11) is 0. The zero-order valence-corrected chi connectivity index (χ0v) is 25.6. The van der Waals surface area contributed by atoms with Gasteiger partial charge in [0.1, 0.15) is 5.82 Å². The van der Waals surface area contributed by atoms with Crippen molar-refractivity contribution >= 4 is 57.2 Å². The first-order chi connectivity index (χ1) is 21.4. The first kappa shape index (κ1) is 27.3. The van der Waals surface area contributed by atoms with Gasteiger partial charge < -0.3 is 4.57 Å². The van der Waals surface area contributed by atoms with Crippen LogP contribution in [0.1, 0.15) is 40.3 Å². The minimum Gasteiger partial charge on any atom is -0.342 e. The molecule has 0 saturated heterocycles. The van der Waals surface area contributed by atoms with E-state index in [1.165, 1.54) is 29.0 Å². The Labute approximate surface area is 266 Å². The van der Waals surface area contributed by atoms with Gasteiger partial charge in [0.15, 0.2) is 4.80 Å². The van der Waals surface area contributed by atoms with Gasteiger partial charge in [0.25, 0.3) is 5.56 Å². The number of hydrogen-bond donors (Lipinski definition) is 0. The van der Waals surface area contributed by atoms with E-state index in [1.807, 2.05) is 36.4 Å². The Morgan fingerprint density at radius 1 is 0.955 bits per heavy atom. The molecule has 1 aliphatic heterocycles. The number of aryl methyl sites for hydroxylation is 1. The summed E-state index contributed by atoms with van der Waals surface area (Å²) >= 11 is 14.0. The standard InChI is InChI=1S/C36H24Cl2FN3OS/c37-25-13-9-23(30(38)18-25)19-41-20-24(27-6-3-4-8-31(27)41)17-32-35(43)42-34(22-10-14-26(39)15-11-22)29-16-12-21-5-1-2-7-28(21)33(29)40-36(42)44-32/h1-11,13-15,17-18,20,34H,12,16,19H2. The molecule has 0 bridgehead atoms. The molecule has 0 radical (unpaired) electrons. The van der Waals surface area contributed by atoms with Crippen LogP contribution in [0.3, 0.4) is 0 Å². The minimum atomic E-state index is -0.356. The molecule has 0 spiro atoms. The monoisotopic (exact) mass is 635 g/mol. The molecule has 1 unspecified atom stereocenters. The van der Waals surface area contributed by atoms with Gasteiger partial charge in [-0.3, -0.25) is 9.36 Å². The third-order valence-corrected chi connectivity index (χ3v) is 10.1. The number of para-hydroxylation sites is 1. The zero-order valence-electron chi connectivity index (χ0n) is 23.3. The minimum absolute atomic E-state index is 0.105. The summed E-state index contributed by atoms with van der Waals surface area (Å²) in [5.74, 6) is -0.305. The van der Waals surface area contributed by atoms with Gasteiger partial charge >= 0.3 is 0 Å². The highest BCUT2D eigenvalue weighted by Gasteiger charge is 2.32. The summed E-state index contributed by atoms with van der Waals surface area (Å²) in [5, 5.41) is 2.24. The number of halogens is 3. The molecule has 6 aromatic rings. The molecular weight excluding hydrogens is 612 g/mol. The average Bonchev–Trinajstić information content (AvgIpc) is 3.54. The quantitative estimate of drug-likeness (QED) is 0.195.